The molecule has 4 aliphatic rings. The Morgan fingerprint density at radius 1 is 0.923 bits per heavy atom. The molecule has 4 bridgehead atoms. The molecule has 13 heavy (non-hydrogen) atoms. The highest BCUT2D eigenvalue weighted by atomic mass is 35.5. The first-order valence-electron chi connectivity index (χ1n) is 4.97. The molecule has 4 saturated carbocycles. The minimum atomic E-state index is -1.04. The van der Waals surface area contributed by atoms with Crippen LogP contribution in [0.1, 0.15) is 38.5 Å². The van der Waals surface area contributed by atoms with Crippen molar-refractivity contribution < 1.29 is 4.39 Å². The van der Waals surface area contributed by atoms with Gasteiger partial charge in [-0.25, -0.2) is 4.39 Å². The molecule has 2 atom stereocenters. The van der Waals surface area contributed by atoms with E-state index >= 15 is 0 Å². The third kappa shape index (κ3) is 1.23. The molecule has 0 aromatic heterocycles. The molecule has 0 N–H and O–H groups in total. The summed E-state index contributed by atoms with van der Waals surface area (Å²) in [6.45, 7) is 0. The number of hydrogen-bond acceptors (Lipinski definition) is 0. The average Bonchev–Trinajstić information content (AvgIpc) is 1.71. The molecule has 3 heteroatoms. The summed E-state index contributed by atoms with van der Waals surface area (Å²) >= 11 is 12.8. The molecule has 4 rings (SSSR count). The van der Waals surface area contributed by atoms with Crippen LogP contribution in [0, 0.1) is 5.92 Å². The summed E-state index contributed by atoms with van der Waals surface area (Å²) in [5, 5.41) is 0. The lowest BCUT2D eigenvalue weighted by molar-refractivity contribution is -0.0510. The van der Waals surface area contributed by atoms with E-state index in [9.17, 15) is 4.39 Å². The summed E-state index contributed by atoms with van der Waals surface area (Å²) in [4.78, 5) is -0.619. The molecule has 0 aliphatic heterocycles. The van der Waals surface area contributed by atoms with Crippen LogP contribution >= 0.6 is 23.2 Å². The van der Waals surface area contributed by atoms with Gasteiger partial charge >= 0.3 is 0 Å². The van der Waals surface area contributed by atoms with Crippen LogP contribution < -0.4 is 0 Å². The molecule has 0 saturated heterocycles. The Labute approximate surface area is 87.8 Å². The number of hydrogen-bond donors (Lipinski definition) is 0. The third-order valence-electron chi connectivity index (χ3n) is 3.86. The maximum atomic E-state index is 14.2. The summed E-state index contributed by atoms with van der Waals surface area (Å²) in [7, 11) is 0. The lowest BCUT2D eigenvalue weighted by Crippen LogP contribution is -2.60. The molecule has 0 spiro atoms. The van der Waals surface area contributed by atoms with Gasteiger partial charge in [0.1, 0.15) is 5.67 Å². The van der Waals surface area contributed by atoms with Gasteiger partial charge in [-0.3, -0.25) is 0 Å². The fourth-order valence-electron chi connectivity index (χ4n) is 4.09. The van der Waals surface area contributed by atoms with Crippen molar-refractivity contribution in [1.29, 1.82) is 0 Å². The fourth-order valence-corrected chi connectivity index (χ4v) is 5.59. The van der Waals surface area contributed by atoms with Crippen LogP contribution in [0.15, 0.2) is 0 Å². The van der Waals surface area contributed by atoms with Crippen LogP contribution in [0.5, 0.6) is 0 Å². The van der Waals surface area contributed by atoms with E-state index in [-0.39, 0.29) is 9.75 Å². The van der Waals surface area contributed by atoms with Crippen molar-refractivity contribution in [3.63, 3.8) is 0 Å². The smallest absolute Gasteiger partial charge is 0.114 e. The van der Waals surface area contributed by atoms with Gasteiger partial charge in [-0.05, 0) is 31.6 Å². The van der Waals surface area contributed by atoms with Gasteiger partial charge in [0.2, 0.25) is 0 Å². The Hall–Kier alpha value is 0.510. The molecule has 0 amide bonds. The van der Waals surface area contributed by atoms with Crippen LogP contribution in [0.2, 0.25) is 0 Å². The summed E-state index contributed by atoms with van der Waals surface area (Å²) < 4.78 is 14.2. The van der Waals surface area contributed by atoms with E-state index in [4.69, 9.17) is 23.2 Å². The second-order valence-corrected chi connectivity index (χ2v) is 7.06. The van der Waals surface area contributed by atoms with E-state index < -0.39 is 5.67 Å². The van der Waals surface area contributed by atoms with Gasteiger partial charge in [0.15, 0.2) is 0 Å². The van der Waals surface area contributed by atoms with Crippen LogP contribution in [0.3, 0.4) is 0 Å². The zero-order chi connectivity index (χ0) is 9.32. The quantitative estimate of drug-likeness (QED) is 0.550. The Bertz CT molecular complexity index is 215. The van der Waals surface area contributed by atoms with Gasteiger partial charge in [0.05, 0.1) is 0 Å². The van der Waals surface area contributed by atoms with Crippen molar-refractivity contribution in [3.05, 3.63) is 0 Å². The molecule has 74 valence electrons. The first-order chi connectivity index (χ1) is 5.91. The normalized spacial score (nSPS) is 64.4. The molecule has 4 aliphatic carbocycles. The topological polar surface area (TPSA) is 0 Å². The van der Waals surface area contributed by atoms with Crippen LogP contribution in [0.25, 0.3) is 0 Å². The van der Waals surface area contributed by atoms with E-state index in [0.29, 0.717) is 25.2 Å². The van der Waals surface area contributed by atoms with E-state index in [1.165, 1.54) is 0 Å². The van der Waals surface area contributed by atoms with Gasteiger partial charge in [0, 0.05) is 22.6 Å². The fraction of sp³-hybridized carbons (Fsp3) is 1.00. The van der Waals surface area contributed by atoms with E-state index in [1.807, 2.05) is 0 Å². The SMILES string of the molecule is FC12CC3CC(Cl)(C1)CC(Cl)(C3)C2. The largest absolute Gasteiger partial charge is 0.244 e. The molecule has 0 aromatic carbocycles. The highest BCUT2D eigenvalue weighted by molar-refractivity contribution is 6.28. The second-order valence-electron chi connectivity index (χ2n) is 5.46. The van der Waals surface area contributed by atoms with Crippen molar-refractivity contribution in [1.82, 2.24) is 0 Å². The summed E-state index contributed by atoms with van der Waals surface area (Å²) in [5.74, 6) is 0.441. The Balaban J connectivity index is 2.03. The number of halogens is 3. The van der Waals surface area contributed by atoms with Gasteiger partial charge in [-0.15, -0.1) is 23.2 Å². The standard InChI is InChI=1S/C10H13Cl2F/c11-8-1-7-2-9(12,4-8)6-10(13,3-7)5-8/h7H,1-6H2. The van der Waals surface area contributed by atoms with Crippen molar-refractivity contribution in [3.8, 4) is 0 Å². The maximum absolute atomic E-state index is 14.2. The first kappa shape index (κ1) is 8.79. The summed E-state index contributed by atoms with van der Waals surface area (Å²) in [6.07, 6.45) is 4.55. The van der Waals surface area contributed by atoms with Crippen molar-refractivity contribution in [2.75, 3.05) is 0 Å². The van der Waals surface area contributed by atoms with Gasteiger partial charge < -0.3 is 0 Å². The lowest BCUT2D eigenvalue weighted by Gasteiger charge is -2.59. The number of alkyl halides is 3. The molecule has 0 radical (unpaired) electrons. The highest BCUT2D eigenvalue weighted by Crippen LogP contribution is 2.64. The molecule has 0 aromatic rings. The predicted octanol–water partition coefficient (Wildman–Crippen LogP) is 3.65. The van der Waals surface area contributed by atoms with Crippen molar-refractivity contribution >= 4 is 23.2 Å². The minimum absolute atomic E-state index is 0.310. The Morgan fingerprint density at radius 3 is 1.85 bits per heavy atom. The van der Waals surface area contributed by atoms with Crippen LogP contribution in [0.4, 0.5) is 4.39 Å². The predicted molar refractivity (Wildman–Crippen MR) is 52.2 cm³/mol. The Kier molecular flexibility index (Phi) is 1.48. The lowest BCUT2D eigenvalue weighted by atomic mass is 9.54. The van der Waals surface area contributed by atoms with E-state index in [1.54, 1.807) is 0 Å². The monoisotopic (exact) mass is 222 g/mol. The third-order valence-corrected chi connectivity index (χ3v) is 4.71. The van der Waals surface area contributed by atoms with E-state index in [0.717, 1.165) is 19.3 Å². The Morgan fingerprint density at radius 2 is 1.46 bits per heavy atom. The van der Waals surface area contributed by atoms with Crippen LogP contribution in [-0.4, -0.2) is 15.4 Å². The van der Waals surface area contributed by atoms with Gasteiger partial charge in [-0.1, -0.05) is 0 Å². The van der Waals surface area contributed by atoms with Gasteiger partial charge in [0.25, 0.3) is 0 Å². The zero-order valence-electron chi connectivity index (χ0n) is 7.45. The number of rotatable bonds is 0. The highest BCUT2D eigenvalue weighted by Gasteiger charge is 2.63. The van der Waals surface area contributed by atoms with Gasteiger partial charge in [-0.2, -0.15) is 0 Å². The minimum Gasteiger partial charge on any atom is -0.244 e. The molecular formula is C10H13Cl2F. The first-order valence-corrected chi connectivity index (χ1v) is 5.73. The second kappa shape index (κ2) is 2.19. The summed E-state index contributed by atoms with van der Waals surface area (Å²) in [6, 6.07) is 0. The molecular weight excluding hydrogens is 210 g/mol. The van der Waals surface area contributed by atoms with Crippen LogP contribution in [-0.2, 0) is 0 Å². The maximum Gasteiger partial charge on any atom is 0.114 e. The molecule has 2 unspecified atom stereocenters. The van der Waals surface area contributed by atoms with Crippen molar-refractivity contribution in [2.45, 2.75) is 53.9 Å². The summed E-state index contributed by atoms with van der Waals surface area (Å²) in [5.41, 5.74) is -1.04. The molecule has 0 heterocycles. The molecule has 0 nitrogen and oxygen atoms in total. The average molecular weight is 223 g/mol. The molecule has 4 fully saturated rings. The van der Waals surface area contributed by atoms with E-state index in [2.05, 4.69) is 0 Å². The van der Waals surface area contributed by atoms with Crippen molar-refractivity contribution in [2.24, 2.45) is 5.92 Å². The zero-order valence-corrected chi connectivity index (χ0v) is 8.97.